The van der Waals surface area contributed by atoms with Crippen molar-refractivity contribution in [3.63, 3.8) is 0 Å². The number of hydrogen-bond acceptors (Lipinski definition) is 6. The van der Waals surface area contributed by atoms with E-state index in [0.29, 0.717) is 11.6 Å². The Hall–Kier alpha value is -3.27. The largest absolute Gasteiger partial charge is 0.444 e. The van der Waals surface area contributed by atoms with Crippen LogP contribution in [0.1, 0.15) is 44.1 Å². The van der Waals surface area contributed by atoms with Crippen molar-refractivity contribution in [3.8, 4) is 10.6 Å². The molecule has 0 radical (unpaired) electrons. The molecule has 0 atom stereocenters. The smallest absolute Gasteiger partial charge is 0.412 e. The second kappa shape index (κ2) is 8.70. The molecule has 1 aliphatic carbocycles. The van der Waals surface area contributed by atoms with Gasteiger partial charge >= 0.3 is 6.09 Å². The summed E-state index contributed by atoms with van der Waals surface area (Å²) in [4.78, 5) is 29.6. The van der Waals surface area contributed by atoms with Gasteiger partial charge in [0.1, 0.15) is 21.4 Å². The minimum absolute atomic E-state index is 0.0333. The van der Waals surface area contributed by atoms with Gasteiger partial charge in [-0.2, -0.15) is 5.10 Å². The average molecular weight is 458 g/mol. The van der Waals surface area contributed by atoms with E-state index in [1.807, 2.05) is 0 Å². The van der Waals surface area contributed by atoms with Gasteiger partial charge < -0.3 is 10.1 Å². The first-order valence-corrected chi connectivity index (χ1v) is 11.1. The van der Waals surface area contributed by atoms with E-state index in [4.69, 9.17) is 4.74 Å². The third kappa shape index (κ3) is 5.50. The first kappa shape index (κ1) is 21.9. The lowest BCUT2D eigenvalue weighted by Gasteiger charge is -2.19. The van der Waals surface area contributed by atoms with E-state index in [1.165, 1.54) is 18.9 Å². The Balaban J connectivity index is 1.59. The molecule has 0 aliphatic heterocycles. The molecule has 1 saturated carbocycles. The van der Waals surface area contributed by atoms with E-state index in [9.17, 15) is 14.0 Å². The molecule has 0 saturated heterocycles. The van der Waals surface area contributed by atoms with Crippen molar-refractivity contribution in [2.24, 2.45) is 5.92 Å². The van der Waals surface area contributed by atoms with Crippen molar-refractivity contribution in [1.82, 2.24) is 14.8 Å². The molecule has 1 aromatic carbocycles. The molecule has 4 rings (SSSR count). The SMILES string of the molecule is CC(C)(C)OC(=O)Nc1sc(-c2ccccc2F)nc1C(=O)Nc1cnn(CC2CC2)c1. The third-order valence-electron chi connectivity index (χ3n) is 4.59. The molecule has 0 bridgehead atoms. The molecular weight excluding hydrogens is 433 g/mol. The Morgan fingerprint density at radius 1 is 1.25 bits per heavy atom. The van der Waals surface area contributed by atoms with Crippen LogP contribution < -0.4 is 10.6 Å². The summed E-state index contributed by atoms with van der Waals surface area (Å²) in [5, 5.41) is 10.0. The number of amides is 2. The van der Waals surface area contributed by atoms with Crippen LogP contribution in [-0.2, 0) is 11.3 Å². The van der Waals surface area contributed by atoms with Crippen LogP contribution in [0.25, 0.3) is 10.6 Å². The molecular formula is C22H24FN5O3S. The van der Waals surface area contributed by atoms with Crippen molar-refractivity contribution in [2.75, 3.05) is 10.6 Å². The third-order valence-corrected chi connectivity index (χ3v) is 5.60. The van der Waals surface area contributed by atoms with E-state index in [0.717, 1.165) is 17.9 Å². The summed E-state index contributed by atoms with van der Waals surface area (Å²) < 4.78 is 21.4. The number of nitrogens with one attached hydrogen (secondary N) is 2. The van der Waals surface area contributed by atoms with Crippen molar-refractivity contribution in [1.29, 1.82) is 0 Å². The number of carbonyl (C=O) groups excluding carboxylic acids is 2. The second-order valence-electron chi connectivity index (χ2n) is 8.65. The van der Waals surface area contributed by atoms with Gasteiger partial charge in [-0.1, -0.05) is 23.5 Å². The first-order chi connectivity index (χ1) is 15.2. The van der Waals surface area contributed by atoms with Gasteiger partial charge in [-0.25, -0.2) is 14.2 Å². The van der Waals surface area contributed by atoms with Crippen LogP contribution in [0, 0.1) is 11.7 Å². The molecule has 168 valence electrons. The normalized spacial score (nSPS) is 13.6. The summed E-state index contributed by atoms with van der Waals surface area (Å²) in [6, 6.07) is 6.12. The van der Waals surface area contributed by atoms with Gasteiger partial charge in [0.05, 0.1) is 11.9 Å². The number of aromatic nitrogens is 3. The van der Waals surface area contributed by atoms with Gasteiger partial charge in [-0.3, -0.25) is 14.8 Å². The van der Waals surface area contributed by atoms with Crippen LogP contribution in [0.2, 0.25) is 0 Å². The predicted molar refractivity (Wildman–Crippen MR) is 120 cm³/mol. The molecule has 0 unspecified atom stereocenters. The summed E-state index contributed by atoms with van der Waals surface area (Å²) in [6.07, 6.45) is 4.97. The van der Waals surface area contributed by atoms with Gasteiger partial charge in [0.25, 0.3) is 5.91 Å². The highest BCUT2D eigenvalue weighted by Crippen LogP contribution is 2.34. The van der Waals surface area contributed by atoms with Crippen molar-refractivity contribution < 1.29 is 18.7 Å². The molecule has 32 heavy (non-hydrogen) atoms. The molecule has 1 fully saturated rings. The van der Waals surface area contributed by atoms with Gasteiger partial charge in [-0.15, -0.1) is 0 Å². The molecule has 8 nitrogen and oxygen atoms in total. The Bertz CT molecular complexity index is 1150. The molecule has 2 heterocycles. The van der Waals surface area contributed by atoms with E-state index < -0.39 is 23.4 Å². The minimum Gasteiger partial charge on any atom is -0.444 e. The van der Waals surface area contributed by atoms with Gasteiger partial charge in [0.2, 0.25) is 0 Å². The molecule has 3 aromatic rings. The Labute approximate surface area is 188 Å². The zero-order chi connectivity index (χ0) is 22.9. The number of carbonyl (C=O) groups is 2. The highest BCUT2D eigenvalue weighted by atomic mass is 32.1. The fraction of sp³-hybridized carbons (Fsp3) is 0.364. The quantitative estimate of drug-likeness (QED) is 0.533. The maximum Gasteiger partial charge on any atom is 0.412 e. The van der Waals surface area contributed by atoms with Gasteiger partial charge in [-0.05, 0) is 51.7 Å². The van der Waals surface area contributed by atoms with E-state index in [-0.39, 0.29) is 21.3 Å². The molecule has 2 N–H and O–H groups in total. The van der Waals surface area contributed by atoms with Crippen LogP contribution >= 0.6 is 11.3 Å². The average Bonchev–Trinajstić information content (AvgIpc) is 3.24. The van der Waals surface area contributed by atoms with E-state index in [2.05, 4.69) is 20.7 Å². The number of hydrogen-bond donors (Lipinski definition) is 2. The summed E-state index contributed by atoms with van der Waals surface area (Å²) in [7, 11) is 0. The Kier molecular flexibility index (Phi) is 5.96. The highest BCUT2D eigenvalue weighted by Gasteiger charge is 2.25. The lowest BCUT2D eigenvalue weighted by atomic mass is 10.2. The number of nitrogens with zero attached hydrogens (tertiary/aromatic N) is 3. The first-order valence-electron chi connectivity index (χ1n) is 10.3. The fourth-order valence-corrected chi connectivity index (χ4v) is 3.96. The van der Waals surface area contributed by atoms with Crippen LogP contribution in [-0.4, -0.2) is 32.4 Å². The number of rotatable bonds is 6. The lowest BCUT2D eigenvalue weighted by molar-refractivity contribution is 0.0636. The molecule has 0 spiro atoms. The maximum atomic E-state index is 14.3. The second-order valence-corrected chi connectivity index (χ2v) is 9.65. The maximum absolute atomic E-state index is 14.3. The standard InChI is InChI=1S/C22H24FN5O3S/c1-22(2,3)31-21(30)27-20-17(26-19(32-20)15-6-4-5-7-16(15)23)18(29)25-14-10-24-28(12-14)11-13-8-9-13/h4-7,10,12-13H,8-9,11H2,1-3H3,(H,25,29)(H,27,30). The summed E-state index contributed by atoms with van der Waals surface area (Å²) in [5.74, 6) is -0.371. The van der Waals surface area contributed by atoms with Crippen molar-refractivity contribution >= 4 is 34.0 Å². The number of halogens is 1. The predicted octanol–water partition coefficient (Wildman–Crippen LogP) is 5.16. The van der Waals surface area contributed by atoms with Crippen LogP contribution in [0.3, 0.4) is 0 Å². The number of benzene rings is 1. The monoisotopic (exact) mass is 457 g/mol. The summed E-state index contributed by atoms with van der Waals surface area (Å²) in [5.41, 5.74) is -0.00349. The Morgan fingerprint density at radius 2 is 2.00 bits per heavy atom. The van der Waals surface area contributed by atoms with Gasteiger partial charge in [0, 0.05) is 18.3 Å². The lowest BCUT2D eigenvalue weighted by Crippen LogP contribution is -2.27. The topological polar surface area (TPSA) is 98.1 Å². The zero-order valence-electron chi connectivity index (χ0n) is 18.0. The Morgan fingerprint density at radius 3 is 2.69 bits per heavy atom. The summed E-state index contributed by atoms with van der Waals surface area (Å²) in [6.45, 7) is 6.01. The summed E-state index contributed by atoms with van der Waals surface area (Å²) >= 11 is 0.997. The van der Waals surface area contributed by atoms with Crippen LogP contribution in [0.15, 0.2) is 36.7 Å². The molecule has 2 aromatic heterocycles. The number of ether oxygens (including phenoxy) is 1. The highest BCUT2D eigenvalue weighted by molar-refractivity contribution is 7.19. The van der Waals surface area contributed by atoms with Crippen LogP contribution in [0.4, 0.5) is 19.9 Å². The molecule has 1 aliphatic rings. The molecule has 2 amide bonds. The van der Waals surface area contributed by atoms with E-state index >= 15 is 0 Å². The zero-order valence-corrected chi connectivity index (χ0v) is 18.8. The fourth-order valence-electron chi connectivity index (χ4n) is 2.99. The number of thiazole rings is 1. The minimum atomic E-state index is -0.729. The van der Waals surface area contributed by atoms with Crippen molar-refractivity contribution in [3.05, 3.63) is 48.2 Å². The van der Waals surface area contributed by atoms with Crippen molar-refractivity contribution in [2.45, 2.75) is 45.8 Å². The van der Waals surface area contributed by atoms with Gasteiger partial charge in [0.15, 0.2) is 5.69 Å². The van der Waals surface area contributed by atoms with Crippen LogP contribution in [0.5, 0.6) is 0 Å². The van der Waals surface area contributed by atoms with E-state index in [1.54, 1.807) is 56.0 Å². The number of anilines is 2. The molecule has 10 heteroatoms.